The minimum atomic E-state index is -0.840. The quantitative estimate of drug-likeness (QED) is 0.134. The van der Waals surface area contributed by atoms with Crippen LogP contribution in [-0.2, 0) is 19.1 Å². The molecule has 2 aromatic carbocycles. The Balaban J connectivity index is 1.67. The van der Waals surface area contributed by atoms with E-state index in [1.165, 1.54) is 23.8 Å². The third-order valence-corrected chi connectivity index (χ3v) is 5.22. The highest BCUT2D eigenvalue weighted by atomic mass is 32.2. The average molecular weight is 425 g/mol. The summed E-state index contributed by atoms with van der Waals surface area (Å²) >= 11 is 1.28. The predicted octanol–water partition coefficient (Wildman–Crippen LogP) is 2.00. The maximum Gasteiger partial charge on any atom is 0.355 e. The maximum absolute atomic E-state index is 12.6. The number of hydrogen-bond donors (Lipinski definition) is 2. The summed E-state index contributed by atoms with van der Waals surface area (Å²) in [6.07, 6.45) is 0. The lowest BCUT2D eigenvalue weighted by atomic mass is 10.0. The number of β-lactam (4-membered cyclic amide) rings is 1. The summed E-state index contributed by atoms with van der Waals surface area (Å²) < 4.78 is 4.78. The second-order valence-electron chi connectivity index (χ2n) is 6.22. The number of esters is 1. The van der Waals surface area contributed by atoms with Gasteiger partial charge >= 0.3 is 5.97 Å². The van der Waals surface area contributed by atoms with Crippen molar-refractivity contribution in [1.29, 1.82) is 0 Å². The van der Waals surface area contributed by atoms with Gasteiger partial charge < -0.3 is 20.2 Å². The van der Waals surface area contributed by atoms with Crippen LogP contribution in [0.1, 0.15) is 5.56 Å². The molecule has 0 saturated carbocycles. The van der Waals surface area contributed by atoms with Crippen molar-refractivity contribution in [2.24, 2.45) is 5.16 Å². The highest BCUT2D eigenvalue weighted by molar-refractivity contribution is 8.02. The number of hydrogen-bond acceptors (Lipinski definition) is 7. The Morgan fingerprint density at radius 2 is 1.80 bits per heavy atom. The summed E-state index contributed by atoms with van der Waals surface area (Å²) in [6, 6.07) is 16.9. The van der Waals surface area contributed by atoms with Gasteiger partial charge in [0.05, 0.1) is 13.7 Å². The van der Waals surface area contributed by atoms with E-state index in [4.69, 9.17) is 4.74 Å². The van der Waals surface area contributed by atoms with Gasteiger partial charge in [-0.25, -0.2) is 4.79 Å². The first kappa shape index (κ1) is 21.1. The Labute approximate surface area is 177 Å². The summed E-state index contributed by atoms with van der Waals surface area (Å²) in [5.41, 5.74) is 0.293. The number of amides is 2. The van der Waals surface area contributed by atoms with E-state index in [1.807, 2.05) is 30.3 Å². The topological polar surface area (TPSA) is 108 Å². The van der Waals surface area contributed by atoms with Crippen molar-refractivity contribution in [2.75, 3.05) is 13.7 Å². The van der Waals surface area contributed by atoms with Crippen molar-refractivity contribution in [3.8, 4) is 0 Å². The largest absolute Gasteiger partial charge is 0.464 e. The number of ether oxygens (including phenoxy) is 1. The molecule has 30 heavy (non-hydrogen) atoms. The van der Waals surface area contributed by atoms with Crippen LogP contribution >= 0.6 is 11.8 Å². The van der Waals surface area contributed by atoms with E-state index in [0.717, 1.165) is 4.90 Å². The van der Waals surface area contributed by atoms with Gasteiger partial charge in [0.15, 0.2) is 5.71 Å². The van der Waals surface area contributed by atoms with Crippen molar-refractivity contribution in [3.63, 3.8) is 0 Å². The maximum atomic E-state index is 12.6. The van der Waals surface area contributed by atoms with Crippen molar-refractivity contribution >= 4 is 35.3 Å². The number of thioether (sulfide) groups is 1. The zero-order valence-corrected chi connectivity index (χ0v) is 16.8. The van der Waals surface area contributed by atoms with Crippen LogP contribution in [0.15, 0.2) is 81.8 Å². The number of carbonyl (C=O) groups excluding carboxylic acids is 3. The molecule has 9 heteroatoms. The highest BCUT2D eigenvalue weighted by Crippen LogP contribution is 2.25. The van der Waals surface area contributed by atoms with Crippen molar-refractivity contribution in [2.45, 2.75) is 10.9 Å². The number of oxime groups is 1. The van der Waals surface area contributed by atoms with Crippen LogP contribution in [0.4, 0.5) is 0 Å². The Morgan fingerprint density at radius 1 is 1.17 bits per heavy atom. The number of likely N-dealkylation sites (tertiary alicyclic amines) is 1. The Morgan fingerprint density at radius 3 is 2.37 bits per heavy atom. The molecule has 2 N–H and O–H groups in total. The van der Waals surface area contributed by atoms with E-state index in [2.05, 4.69) is 10.5 Å². The van der Waals surface area contributed by atoms with Gasteiger partial charge in [-0.3, -0.25) is 9.59 Å². The van der Waals surface area contributed by atoms with Gasteiger partial charge in [0.2, 0.25) is 0 Å². The van der Waals surface area contributed by atoms with Gasteiger partial charge in [-0.15, -0.1) is 0 Å². The Hall–Kier alpha value is -3.59. The van der Waals surface area contributed by atoms with Crippen LogP contribution in [0.3, 0.4) is 0 Å². The lowest BCUT2D eigenvalue weighted by molar-refractivity contribution is -0.149. The van der Waals surface area contributed by atoms with Gasteiger partial charge in [-0.2, -0.15) is 0 Å². The third kappa shape index (κ3) is 4.69. The molecule has 1 saturated heterocycles. The van der Waals surface area contributed by atoms with Crippen LogP contribution in [0, 0.1) is 0 Å². The zero-order chi connectivity index (χ0) is 21.5. The van der Waals surface area contributed by atoms with Gasteiger partial charge in [0, 0.05) is 15.9 Å². The standard InChI is InChI=1S/C21H19N3O5S/c1-29-21(27)17(13-30-15-10-6-3-7-11-15)24-12-16(20(24)26)22-19(25)18(23-28)14-8-4-2-5-9-14/h2-11,13,16,28H,12H2,1H3,(H,22,25)/b17-13+,23-18+. The first-order valence-corrected chi connectivity index (χ1v) is 9.83. The van der Waals surface area contributed by atoms with Crippen LogP contribution in [-0.4, -0.2) is 53.3 Å². The fourth-order valence-electron chi connectivity index (χ4n) is 2.76. The molecule has 1 heterocycles. The molecular weight excluding hydrogens is 406 g/mol. The minimum absolute atomic E-state index is 0.0842. The van der Waals surface area contributed by atoms with Gasteiger partial charge in [0.1, 0.15) is 11.7 Å². The molecule has 1 fully saturated rings. The molecule has 8 nitrogen and oxygen atoms in total. The summed E-state index contributed by atoms with van der Waals surface area (Å²) in [7, 11) is 1.23. The molecule has 154 valence electrons. The fraction of sp³-hybridized carbons (Fsp3) is 0.143. The molecule has 2 amide bonds. The van der Waals surface area contributed by atoms with E-state index in [9.17, 15) is 19.6 Å². The smallest absolute Gasteiger partial charge is 0.355 e. The second kappa shape index (κ2) is 9.75. The molecule has 0 bridgehead atoms. The Kier molecular flexibility index (Phi) is 6.87. The molecule has 1 aliphatic rings. The van der Waals surface area contributed by atoms with Crippen LogP contribution in [0.2, 0.25) is 0 Å². The van der Waals surface area contributed by atoms with E-state index in [1.54, 1.807) is 35.7 Å². The molecule has 0 aliphatic carbocycles. The monoisotopic (exact) mass is 425 g/mol. The highest BCUT2D eigenvalue weighted by Gasteiger charge is 2.42. The molecule has 1 aliphatic heterocycles. The van der Waals surface area contributed by atoms with Gasteiger partial charge in [0.25, 0.3) is 11.8 Å². The molecule has 1 atom stereocenters. The summed E-state index contributed by atoms with van der Waals surface area (Å²) in [4.78, 5) is 39.3. The molecular formula is C21H19N3O5S. The van der Waals surface area contributed by atoms with Crippen molar-refractivity contribution < 1.29 is 24.3 Å². The summed E-state index contributed by atoms with van der Waals surface area (Å²) in [6.45, 7) is 0.0916. The van der Waals surface area contributed by atoms with Crippen LogP contribution in [0.25, 0.3) is 0 Å². The van der Waals surface area contributed by atoms with E-state index in [-0.39, 0.29) is 18.0 Å². The number of rotatable bonds is 7. The normalized spacial score (nSPS) is 16.6. The first-order chi connectivity index (χ1) is 14.5. The molecule has 1 unspecified atom stereocenters. The van der Waals surface area contributed by atoms with E-state index < -0.39 is 23.8 Å². The Bertz CT molecular complexity index is 992. The molecule has 0 spiro atoms. The van der Waals surface area contributed by atoms with Crippen LogP contribution < -0.4 is 5.32 Å². The number of benzene rings is 2. The minimum Gasteiger partial charge on any atom is -0.464 e. The molecule has 0 radical (unpaired) electrons. The van der Waals surface area contributed by atoms with E-state index in [0.29, 0.717) is 5.56 Å². The van der Waals surface area contributed by atoms with Crippen LogP contribution in [0.5, 0.6) is 0 Å². The summed E-state index contributed by atoms with van der Waals surface area (Å²) in [5, 5.41) is 16.3. The van der Waals surface area contributed by atoms with Gasteiger partial charge in [-0.05, 0) is 12.1 Å². The lowest BCUT2D eigenvalue weighted by Crippen LogP contribution is -2.64. The van der Waals surface area contributed by atoms with Gasteiger partial charge in [-0.1, -0.05) is 65.4 Å². The lowest BCUT2D eigenvalue weighted by Gasteiger charge is -2.38. The average Bonchev–Trinajstić information content (AvgIpc) is 2.79. The molecule has 3 rings (SSSR count). The molecule has 2 aromatic rings. The van der Waals surface area contributed by atoms with Crippen molar-refractivity contribution in [1.82, 2.24) is 10.2 Å². The first-order valence-electron chi connectivity index (χ1n) is 8.95. The number of methoxy groups -OCH3 is 1. The zero-order valence-electron chi connectivity index (χ0n) is 16.0. The number of nitrogens with one attached hydrogen (secondary N) is 1. The van der Waals surface area contributed by atoms with Crippen molar-refractivity contribution in [3.05, 3.63) is 77.3 Å². The predicted molar refractivity (Wildman–Crippen MR) is 111 cm³/mol. The summed E-state index contributed by atoms with van der Waals surface area (Å²) in [5.74, 6) is -1.80. The SMILES string of the molecule is COC(=O)/C(=C\Sc1ccccc1)N1CC(NC(=O)/C(=N/O)c2ccccc2)C1=O. The number of nitrogens with zero attached hydrogens (tertiary/aromatic N) is 2. The third-order valence-electron chi connectivity index (χ3n) is 4.33. The fourth-order valence-corrected chi connectivity index (χ4v) is 3.54. The molecule has 0 aromatic heterocycles. The van der Waals surface area contributed by atoms with E-state index >= 15 is 0 Å². The second-order valence-corrected chi connectivity index (χ2v) is 7.16. The number of carbonyl (C=O) groups is 3.